The van der Waals surface area contributed by atoms with Gasteiger partial charge in [-0.2, -0.15) is 11.8 Å². The van der Waals surface area contributed by atoms with Crippen LogP contribution in [0.1, 0.15) is 56.8 Å². The third-order valence-corrected chi connectivity index (χ3v) is 6.72. The lowest BCUT2D eigenvalue weighted by atomic mass is 10.0. The number of carbonyl (C=O) groups is 3. The van der Waals surface area contributed by atoms with Crippen LogP contribution in [0.5, 0.6) is 0 Å². The normalized spacial score (nSPS) is 12.9. The van der Waals surface area contributed by atoms with E-state index in [1.165, 1.54) is 4.90 Å². The highest BCUT2D eigenvalue weighted by Gasteiger charge is 2.34. The Kier molecular flexibility index (Phi) is 11.3. The molecule has 0 aliphatic carbocycles. The van der Waals surface area contributed by atoms with Crippen molar-refractivity contribution in [1.82, 2.24) is 10.2 Å². The lowest BCUT2D eigenvalue weighted by Crippen LogP contribution is -2.51. The Morgan fingerprint density at radius 3 is 2.30 bits per heavy atom. The van der Waals surface area contributed by atoms with Crippen molar-refractivity contribution in [2.75, 3.05) is 24.4 Å². The largest absolute Gasteiger partial charge is 0.444 e. The molecule has 2 rings (SSSR count). The first-order valence-corrected chi connectivity index (χ1v) is 14.0. The van der Waals surface area contributed by atoms with Gasteiger partial charge in [0.1, 0.15) is 17.7 Å². The zero-order valence-electron chi connectivity index (χ0n) is 22.7. The number of hydrogen-bond acceptors (Lipinski definition) is 5. The predicted molar refractivity (Wildman–Crippen MR) is 152 cm³/mol. The number of halogens is 1. The molecule has 0 aliphatic rings. The van der Waals surface area contributed by atoms with E-state index in [0.717, 1.165) is 17.5 Å². The van der Waals surface area contributed by atoms with E-state index in [4.69, 9.17) is 16.3 Å². The van der Waals surface area contributed by atoms with Crippen LogP contribution in [0.15, 0.2) is 42.5 Å². The van der Waals surface area contributed by atoms with Gasteiger partial charge < -0.3 is 20.3 Å². The zero-order valence-corrected chi connectivity index (χ0v) is 24.3. The maximum atomic E-state index is 13.7. The molecule has 202 valence electrons. The van der Waals surface area contributed by atoms with E-state index in [0.29, 0.717) is 28.4 Å². The van der Waals surface area contributed by atoms with E-state index in [9.17, 15) is 14.4 Å². The van der Waals surface area contributed by atoms with E-state index in [1.807, 2.05) is 56.5 Å². The van der Waals surface area contributed by atoms with Crippen molar-refractivity contribution in [3.63, 3.8) is 0 Å². The van der Waals surface area contributed by atoms with Crippen LogP contribution in [0.3, 0.4) is 0 Å². The highest BCUT2D eigenvalue weighted by Crippen LogP contribution is 2.29. The van der Waals surface area contributed by atoms with Crippen LogP contribution in [0.4, 0.5) is 10.5 Å². The number of rotatable bonds is 10. The summed E-state index contributed by atoms with van der Waals surface area (Å²) in [5.41, 5.74) is 2.36. The van der Waals surface area contributed by atoms with Crippen molar-refractivity contribution in [2.24, 2.45) is 0 Å². The summed E-state index contributed by atoms with van der Waals surface area (Å²) in [6, 6.07) is 11.1. The van der Waals surface area contributed by atoms with Gasteiger partial charge in [0.05, 0.1) is 10.7 Å². The quantitative estimate of drug-likeness (QED) is 0.381. The average Bonchev–Trinajstić information content (AvgIpc) is 2.83. The number of carbonyl (C=O) groups excluding carboxylic acids is 3. The zero-order chi connectivity index (χ0) is 27.8. The molecule has 0 aromatic heterocycles. The fourth-order valence-corrected chi connectivity index (χ4v) is 4.52. The molecule has 0 bridgehead atoms. The minimum atomic E-state index is -0.953. The fourth-order valence-electron chi connectivity index (χ4n) is 3.78. The fraction of sp³-hybridized carbons (Fsp3) is 0.464. The number of benzene rings is 2. The summed E-state index contributed by atoms with van der Waals surface area (Å²) >= 11 is 7.93. The molecule has 2 aromatic carbocycles. The number of ether oxygens (including phenoxy) is 1. The number of nitrogens with zero attached hydrogens (tertiary/aromatic N) is 1. The van der Waals surface area contributed by atoms with Crippen LogP contribution < -0.4 is 10.6 Å². The Labute approximate surface area is 229 Å². The maximum Gasteiger partial charge on any atom is 0.408 e. The Hall–Kier alpha value is -2.71. The van der Waals surface area contributed by atoms with Gasteiger partial charge in [0, 0.05) is 7.05 Å². The topological polar surface area (TPSA) is 87.7 Å². The molecule has 2 N–H and O–H groups in total. The first-order chi connectivity index (χ1) is 17.4. The summed E-state index contributed by atoms with van der Waals surface area (Å²) in [5, 5.41) is 6.03. The molecule has 0 saturated carbocycles. The van der Waals surface area contributed by atoms with Crippen LogP contribution in [-0.2, 0) is 20.7 Å². The van der Waals surface area contributed by atoms with Gasteiger partial charge in [-0.1, -0.05) is 54.9 Å². The molecule has 0 aliphatic heterocycles. The molecule has 0 radical (unpaired) electrons. The first-order valence-electron chi connectivity index (χ1n) is 12.3. The number of thioether (sulfide) groups is 1. The third-order valence-electron chi connectivity index (χ3n) is 5.76. The Morgan fingerprint density at radius 2 is 1.76 bits per heavy atom. The number of aryl methyl sites for hydroxylation is 2. The van der Waals surface area contributed by atoms with Gasteiger partial charge in [0.15, 0.2) is 0 Å². The first kappa shape index (κ1) is 30.5. The number of hydrogen-bond donors (Lipinski definition) is 2. The molecular weight excluding hydrogens is 510 g/mol. The smallest absolute Gasteiger partial charge is 0.408 e. The number of likely N-dealkylation sites (N-methyl/N-ethyl adjacent to an activating group) is 1. The molecule has 0 fully saturated rings. The van der Waals surface area contributed by atoms with Crippen molar-refractivity contribution in [2.45, 2.75) is 65.1 Å². The Morgan fingerprint density at radius 1 is 1.11 bits per heavy atom. The summed E-state index contributed by atoms with van der Waals surface area (Å²) in [6.07, 6.45) is 2.48. The highest BCUT2D eigenvalue weighted by molar-refractivity contribution is 7.98. The van der Waals surface area contributed by atoms with Crippen LogP contribution in [0, 0.1) is 6.92 Å². The Balaban J connectivity index is 2.41. The minimum absolute atomic E-state index is 0.385. The van der Waals surface area contributed by atoms with Crippen molar-refractivity contribution in [1.29, 1.82) is 0 Å². The number of anilines is 1. The van der Waals surface area contributed by atoms with Crippen molar-refractivity contribution < 1.29 is 19.1 Å². The van der Waals surface area contributed by atoms with E-state index in [-0.39, 0.29) is 0 Å². The molecule has 2 aromatic rings. The molecule has 9 heteroatoms. The van der Waals surface area contributed by atoms with Crippen molar-refractivity contribution in [3.8, 4) is 0 Å². The van der Waals surface area contributed by atoms with E-state index >= 15 is 0 Å². The number of nitrogens with one attached hydrogen (secondary N) is 2. The second kappa shape index (κ2) is 13.7. The maximum absolute atomic E-state index is 13.7. The summed E-state index contributed by atoms with van der Waals surface area (Å²) < 4.78 is 5.38. The molecule has 37 heavy (non-hydrogen) atoms. The van der Waals surface area contributed by atoms with Crippen LogP contribution >= 0.6 is 23.4 Å². The molecular formula is C28H38ClN3O4S. The molecule has 7 nitrogen and oxygen atoms in total. The van der Waals surface area contributed by atoms with Gasteiger partial charge in [-0.25, -0.2) is 4.79 Å². The molecule has 2 unspecified atom stereocenters. The number of alkyl carbamates (subject to hydrolysis) is 1. The van der Waals surface area contributed by atoms with Gasteiger partial charge in [0.25, 0.3) is 5.91 Å². The second-order valence-corrected chi connectivity index (χ2v) is 11.2. The van der Waals surface area contributed by atoms with Crippen LogP contribution in [-0.4, -0.2) is 53.5 Å². The van der Waals surface area contributed by atoms with Gasteiger partial charge in [-0.3, -0.25) is 9.59 Å². The predicted octanol–water partition coefficient (Wildman–Crippen LogP) is 6.00. The summed E-state index contributed by atoms with van der Waals surface area (Å²) in [7, 11) is 1.57. The highest BCUT2D eigenvalue weighted by atomic mass is 35.5. The van der Waals surface area contributed by atoms with Gasteiger partial charge in [-0.05, 0) is 75.3 Å². The standard InChI is InChI=1S/C28H38ClN3O4S/c1-8-19-12-14-20(15-13-19)24(25(33)31-23-18(2)10-9-11-21(23)29)32(6)26(34)22(16-17-37-7)30-27(35)36-28(3,4)5/h9-15,22,24H,8,16-17H2,1-7H3,(H,30,35)(H,31,33). The van der Waals surface area contributed by atoms with Gasteiger partial charge in [-0.15, -0.1) is 0 Å². The lowest BCUT2D eigenvalue weighted by molar-refractivity contribution is -0.139. The molecule has 0 saturated heterocycles. The summed E-state index contributed by atoms with van der Waals surface area (Å²) in [4.78, 5) is 41.3. The third kappa shape index (κ3) is 8.97. The number of amides is 3. The van der Waals surface area contributed by atoms with E-state index < -0.39 is 35.6 Å². The lowest BCUT2D eigenvalue weighted by Gasteiger charge is -2.32. The van der Waals surface area contributed by atoms with E-state index in [2.05, 4.69) is 10.6 Å². The summed E-state index contributed by atoms with van der Waals surface area (Å²) in [6.45, 7) is 9.18. The average molecular weight is 548 g/mol. The van der Waals surface area contributed by atoms with E-state index in [1.54, 1.807) is 45.6 Å². The van der Waals surface area contributed by atoms with Gasteiger partial charge >= 0.3 is 6.09 Å². The minimum Gasteiger partial charge on any atom is -0.444 e. The number of para-hydroxylation sites is 1. The van der Waals surface area contributed by atoms with Crippen LogP contribution in [0.2, 0.25) is 5.02 Å². The molecule has 2 atom stereocenters. The SMILES string of the molecule is CCc1ccc(C(C(=O)Nc2c(C)cccc2Cl)N(C)C(=O)C(CCSC)NC(=O)OC(C)(C)C)cc1. The molecule has 3 amide bonds. The molecule has 0 spiro atoms. The van der Waals surface area contributed by atoms with Crippen LogP contribution in [0.25, 0.3) is 0 Å². The Bertz CT molecular complexity index is 1070. The monoisotopic (exact) mass is 547 g/mol. The second-order valence-electron chi connectivity index (χ2n) is 9.85. The van der Waals surface area contributed by atoms with Crippen molar-refractivity contribution in [3.05, 3.63) is 64.2 Å². The summed E-state index contributed by atoms with van der Waals surface area (Å²) in [5.74, 6) is -0.159. The molecule has 0 heterocycles. The van der Waals surface area contributed by atoms with Crippen molar-refractivity contribution >= 4 is 47.0 Å². The van der Waals surface area contributed by atoms with Gasteiger partial charge in [0.2, 0.25) is 5.91 Å².